The van der Waals surface area contributed by atoms with Crippen LogP contribution in [0.25, 0.3) is 0 Å². The lowest BCUT2D eigenvalue weighted by Gasteiger charge is -2.23. The number of carbonyl (C=O) groups is 1. The smallest absolute Gasteiger partial charge is 0.243 e. The Hall–Kier alpha value is -1.59. The van der Waals surface area contributed by atoms with Crippen LogP contribution in [-0.2, 0) is 9.53 Å². The van der Waals surface area contributed by atoms with E-state index >= 15 is 0 Å². The van der Waals surface area contributed by atoms with E-state index in [-0.39, 0.29) is 11.9 Å². The molecule has 1 atom stereocenters. The molecule has 5 heteroatoms. The van der Waals surface area contributed by atoms with Crippen molar-refractivity contribution in [2.24, 2.45) is 0 Å². The van der Waals surface area contributed by atoms with Crippen LogP contribution in [0.3, 0.4) is 0 Å². The zero-order valence-electron chi connectivity index (χ0n) is 12.1. The Balaban J connectivity index is 1.58. The normalized spacial score (nSPS) is 23.0. The highest BCUT2D eigenvalue weighted by Crippen LogP contribution is 2.25. The maximum absolute atomic E-state index is 12.1. The molecule has 5 nitrogen and oxygen atoms in total. The summed E-state index contributed by atoms with van der Waals surface area (Å²) in [5.74, 6) is 0.764. The van der Waals surface area contributed by atoms with E-state index in [1.54, 1.807) is 0 Å². The Bertz CT molecular complexity index is 480. The van der Waals surface area contributed by atoms with Gasteiger partial charge in [-0.15, -0.1) is 0 Å². The van der Waals surface area contributed by atoms with Crippen LogP contribution in [0.2, 0.25) is 0 Å². The third kappa shape index (κ3) is 3.95. The molecule has 1 aromatic carbocycles. The predicted molar refractivity (Wildman–Crippen MR) is 80.6 cm³/mol. The van der Waals surface area contributed by atoms with E-state index in [2.05, 4.69) is 10.6 Å². The van der Waals surface area contributed by atoms with E-state index in [0.717, 1.165) is 24.3 Å². The number of nitrogens with one attached hydrogen (secondary N) is 2. The van der Waals surface area contributed by atoms with Crippen LogP contribution in [0.4, 0.5) is 5.69 Å². The molecule has 1 saturated carbocycles. The van der Waals surface area contributed by atoms with Gasteiger partial charge in [0.05, 0.1) is 19.3 Å². The average Bonchev–Trinajstić information content (AvgIpc) is 3.01. The summed E-state index contributed by atoms with van der Waals surface area (Å²) in [6.45, 7) is 1.79. The fourth-order valence-electron chi connectivity index (χ4n) is 2.81. The highest BCUT2D eigenvalue weighted by atomic mass is 16.5. The largest absolute Gasteiger partial charge is 0.490 e. The molecule has 1 saturated heterocycles. The summed E-state index contributed by atoms with van der Waals surface area (Å²) in [6, 6.07) is 7.34. The van der Waals surface area contributed by atoms with Gasteiger partial charge in [0.2, 0.25) is 5.91 Å². The fraction of sp³-hybridized carbons (Fsp3) is 0.562. The quantitative estimate of drug-likeness (QED) is 0.889. The highest BCUT2D eigenvalue weighted by molar-refractivity contribution is 5.95. The first-order valence-electron chi connectivity index (χ1n) is 7.70. The first-order chi connectivity index (χ1) is 10.3. The molecule has 3 rings (SSSR count). The molecule has 0 radical (unpaired) electrons. The zero-order chi connectivity index (χ0) is 14.5. The minimum absolute atomic E-state index is 0.0623. The van der Waals surface area contributed by atoms with Crippen LogP contribution in [0, 0.1) is 0 Å². The number of anilines is 1. The first kappa shape index (κ1) is 14.4. The summed E-state index contributed by atoms with van der Waals surface area (Å²) < 4.78 is 11.3. The molecule has 21 heavy (non-hydrogen) atoms. The van der Waals surface area contributed by atoms with E-state index in [9.17, 15) is 4.79 Å². The Labute approximate surface area is 125 Å². The molecule has 2 fully saturated rings. The SMILES string of the molecule is O=C(Nc1cccc(OC2CCCC2)c1)C1COCCN1. The van der Waals surface area contributed by atoms with E-state index in [1.165, 1.54) is 12.8 Å². The first-order valence-corrected chi connectivity index (χ1v) is 7.70. The molecule has 1 unspecified atom stereocenters. The van der Waals surface area contributed by atoms with E-state index < -0.39 is 0 Å². The standard InChI is InChI=1S/C16H22N2O3/c19-16(15-11-20-9-8-17-15)18-12-4-3-7-14(10-12)21-13-5-1-2-6-13/h3-4,7,10,13,15,17H,1-2,5-6,8-9,11H2,(H,18,19). The van der Waals surface area contributed by atoms with Crippen molar-refractivity contribution in [3.05, 3.63) is 24.3 Å². The molecule has 1 aromatic rings. The lowest BCUT2D eigenvalue weighted by Crippen LogP contribution is -2.48. The van der Waals surface area contributed by atoms with Gasteiger partial charge in [0.1, 0.15) is 11.8 Å². The fourth-order valence-corrected chi connectivity index (χ4v) is 2.81. The number of ether oxygens (including phenoxy) is 2. The second-order valence-corrected chi connectivity index (χ2v) is 5.62. The molecular formula is C16H22N2O3. The Morgan fingerprint density at radius 1 is 1.33 bits per heavy atom. The molecule has 2 aliphatic rings. The third-order valence-electron chi connectivity index (χ3n) is 3.94. The molecule has 114 valence electrons. The van der Waals surface area contributed by atoms with Gasteiger partial charge in [-0.05, 0) is 37.8 Å². The summed E-state index contributed by atoms with van der Waals surface area (Å²) in [4.78, 5) is 12.1. The zero-order valence-corrected chi connectivity index (χ0v) is 12.1. The molecule has 1 aliphatic carbocycles. The average molecular weight is 290 g/mol. The van der Waals surface area contributed by atoms with E-state index in [1.807, 2.05) is 24.3 Å². The number of morpholine rings is 1. The lowest BCUT2D eigenvalue weighted by atomic mass is 10.2. The molecule has 1 heterocycles. The molecule has 0 aromatic heterocycles. The van der Waals surface area contributed by atoms with Gasteiger partial charge in [0.15, 0.2) is 0 Å². The van der Waals surface area contributed by atoms with Gasteiger partial charge in [-0.3, -0.25) is 4.79 Å². The monoisotopic (exact) mass is 290 g/mol. The van der Waals surface area contributed by atoms with E-state index in [4.69, 9.17) is 9.47 Å². The lowest BCUT2D eigenvalue weighted by molar-refractivity contribution is -0.120. The molecule has 0 bridgehead atoms. The number of hydrogen-bond acceptors (Lipinski definition) is 4. The number of rotatable bonds is 4. The van der Waals surface area contributed by atoms with Crippen LogP contribution in [0.15, 0.2) is 24.3 Å². The maximum Gasteiger partial charge on any atom is 0.243 e. The number of hydrogen-bond donors (Lipinski definition) is 2. The molecule has 2 N–H and O–H groups in total. The number of benzene rings is 1. The summed E-state index contributed by atoms with van der Waals surface area (Å²) in [5.41, 5.74) is 0.767. The van der Waals surface area contributed by atoms with Gasteiger partial charge in [-0.2, -0.15) is 0 Å². The van der Waals surface area contributed by atoms with Crippen LogP contribution < -0.4 is 15.4 Å². The Morgan fingerprint density at radius 2 is 2.19 bits per heavy atom. The number of amides is 1. The highest BCUT2D eigenvalue weighted by Gasteiger charge is 2.21. The topological polar surface area (TPSA) is 59.6 Å². The van der Waals surface area contributed by atoms with Crippen LogP contribution >= 0.6 is 0 Å². The van der Waals surface area contributed by atoms with Crippen molar-refractivity contribution >= 4 is 11.6 Å². The van der Waals surface area contributed by atoms with Crippen molar-refractivity contribution in [1.82, 2.24) is 5.32 Å². The number of carbonyl (C=O) groups excluding carboxylic acids is 1. The predicted octanol–water partition coefficient (Wildman–Crippen LogP) is 1.93. The summed E-state index contributed by atoms with van der Waals surface area (Å²) in [6.07, 6.45) is 5.06. The van der Waals surface area contributed by atoms with Gasteiger partial charge in [0.25, 0.3) is 0 Å². The molecule has 0 spiro atoms. The molecular weight excluding hydrogens is 268 g/mol. The van der Waals surface area contributed by atoms with Crippen LogP contribution in [-0.4, -0.2) is 37.8 Å². The molecule has 1 aliphatic heterocycles. The third-order valence-corrected chi connectivity index (χ3v) is 3.94. The maximum atomic E-state index is 12.1. The second kappa shape index (κ2) is 6.91. The van der Waals surface area contributed by atoms with Crippen molar-refractivity contribution in [3.63, 3.8) is 0 Å². The van der Waals surface area contributed by atoms with Crippen molar-refractivity contribution in [1.29, 1.82) is 0 Å². The Morgan fingerprint density at radius 3 is 2.95 bits per heavy atom. The van der Waals surface area contributed by atoms with Crippen molar-refractivity contribution in [3.8, 4) is 5.75 Å². The van der Waals surface area contributed by atoms with Gasteiger partial charge in [-0.25, -0.2) is 0 Å². The van der Waals surface area contributed by atoms with E-state index in [0.29, 0.717) is 25.9 Å². The summed E-state index contributed by atoms with van der Waals surface area (Å²) in [7, 11) is 0. The van der Waals surface area contributed by atoms with Crippen LogP contribution in [0.5, 0.6) is 5.75 Å². The van der Waals surface area contributed by atoms with Crippen molar-refractivity contribution < 1.29 is 14.3 Å². The Kier molecular flexibility index (Phi) is 4.72. The minimum atomic E-state index is -0.279. The minimum Gasteiger partial charge on any atom is -0.490 e. The van der Waals surface area contributed by atoms with Gasteiger partial charge < -0.3 is 20.1 Å². The molecule has 1 amide bonds. The van der Waals surface area contributed by atoms with Gasteiger partial charge in [0, 0.05) is 18.3 Å². The van der Waals surface area contributed by atoms with Crippen LogP contribution in [0.1, 0.15) is 25.7 Å². The van der Waals surface area contributed by atoms with Gasteiger partial charge in [-0.1, -0.05) is 6.07 Å². The van der Waals surface area contributed by atoms with Gasteiger partial charge >= 0.3 is 0 Å². The van der Waals surface area contributed by atoms with Crippen molar-refractivity contribution in [2.45, 2.75) is 37.8 Å². The summed E-state index contributed by atoms with van der Waals surface area (Å²) >= 11 is 0. The second-order valence-electron chi connectivity index (χ2n) is 5.62. The summed E-state index contributed by atoms with van der Waals surface area (Å²) in [5, 5.41) is 6.06. The van der Waals surface area contributed by atoms with Crippen molar-refractivity contribution in [2.75, 3.05) is 25.1 Å².